The molecular formula is C11H18N2S. The zero-order valence-corrected chi connectivity index (χ0v) is 9.78. The smallest absolute Gasteiger partial charge is 0.0925 e. The summed E-state index contributed by atoms with van der Waals surface area (Å²) >= 11 is 1.81. The van der Waals surface area contributed by atoms with Crippen LogP contribution in [0.4, 0.5) is 0 Å². The summed E-state index contributed by atoms with van der Waals surface area (Å²) in [7, 11) is 2.03. The van der Waals surface area contributed by atoms with E-state index in [0.29, 0.717) is 5.41 Å². The minimum Gasteiger partial charge on any atom is -0.319 e. The Balaban J connectivity index is 2.18. The molecule has 0 amide bonds. The first kappa shape index (κ1) is 10.1. The predicted molar refractivity (Wildman–Crippen MR) is 60.9 cm³/mol. The van der Waals surface area contributed by atoms with Gasteiger partial charge in [0, 0.05) is 17.3 Å². The van der Waals surface area contributed by atoms with Crippen LogP contribution in [0.1, 0.15) is 36.9 Å². The normalized spacial score (nSPS) is 19.3. The van der Waals surface area contributed by atoms with Gasteiger partial charge in [0.15, 0.2) is 0 Å². The molecule has 0 atom stereocenters. The first-order valence-electron chi connectivity index (χ1n) is 5.40. The van der Waals surface area contributed by atoms with Crippen LogP contribution in [0.15, 0.2) is 5.38 Å². The number of hydrogen-bond acceptors (Lipinski definition) is 3. The molecule has 1 heterocycles. The largest absolute Gasteiger partial charge is 0.319 e. The third-order valence-electron chi connectivity index (χ3n) is 3.22. The number of nitrogens with one attached hydrogen (secondary N) is 1. The molecule has 0 radical (unpaired) electrons. The molecule has 0 aliphatic heterocycles. The minimum absolute atomic E-state index is 0.374. The maximum Gasteiger partial charge on any atom is 0.0925 e. The van der Waals surface area contributed by atoms with Crippen LogP contribution in [0.25, 0.3) is 0 Å². The first-order valence-corrected chi connectivity index (χ1v) is 6.28. The highest BCUT2D eigenvalue weighted by molar-refractivity contribution is 7.09. The van der Waals surface area contributed by atoms with Crippen molar-refractivity contribution in [3.05, 3.63) is 16.1 Å². The number of rotatable bonds is 4. The number of thiazole rings is 1. The van der Waals surface area contributed by atoms with E-state index in [1.54, 1.807) is 0 Å². The van der Waals surface area contributed by atoms with Crippen molar-refractivity contribution in [2.45, 2.75) is 38.0 Å². The molecule has 14 heavy (non-hydrogen) atoms. The topological polar surface area (TPSA) is 24.9 Å². The summed E-state index contributed by atoms with van der Waals surface area (Å²) in [6.07, 6.45) is 5.04. The van der Waals surface area contributed by atoms with Crippen molar-refractivity contribution in [2.75, 3.05) is 13.6 Å². The molecule has 1 aliphatic carbocycles. The quantitative estimate of drug-likeness (QED) is 0.825. The molecule has 1 fully saturated rings. The lowest BCUT2D eigenvalue weighted by Crippen LogP contribution is -2.43. The van der Waals surface area contributed by atoms with Crippen molar-refractivity contribution in [2.24, 2.45) is 0 Å². The highest BCUT2D eigenvalue weighted by atomic mass is 32.1. The maximum atomic E-state index is 4.72. The van der Waals surface area contributed by atoms with Crippen LogP contribution in [-0.2, 0) is 11.8 Å². The van der Waals surface area contributed by atoms with E-state index in [0.717, 1.165) is 13.0 Å². The Morgan fingerprint density at radius 3 is 2.79 bits per heavy atom. The molecule has 2 nitrogen and oxygen atoms in total. The molecule has 3 heteroatoms. The molecular weight excluding hydrogens is 192 g/mol. The van der Waals surface area contributed by atoms with Gasteiger partial charge in [0.1, 0.15) is 0 Å². The van der Waals surface area contributed by atoms with Gasteiger partial charge < -0.3 is 5.32 Å². The number of nitrogens with zero attached hydrogens (tertiary/aromatic N) is 1. The van der Waals surface area contributed by atoms with Crippen molar-refractivity contribution in [3.8, 4) is 0 Å². The third kappa shape index (κ3) is 1.59. The molecule has 0 bridgehead atoms. The van der Waals surface area contributed by atoms with E-state index in [9.17, 15) is 0 Å². The average molecular weight is 210 g/mol. The Hall–Kier alpha value is -0.410. The van der Waals surface area contributed by atoms with E-state index >= 15 is 0 Å². The van der Waals surface area contributed by atoms with Crippen molar-refractivity contribution >= 4 is 11.3 Å². The van der Waals surface area contributed by atoms with Gasteiger partial charge in [0.2, 0.25) is 0 Å². The lowest BCUT2D eigenvalue weighted by Gasteiger charge is -2.40. The second kappa shape index (κ2) is 3.99. The van der Waals surface area contributed by atoms with Crippen molar-refractivity contribution in [3.63, 3.8) is 0 Å². The molecule has 0 spiro atoms. The standard InChI is InChI=1S/C11H18N2S/c1-3-10-13-9(7-14-10)11(8-12-2)5-4-6-11/h7,12H,3-6,8H2,1-2H3. The SMILES string of the molecule is CCc1nc(C2(CNC)CCC2)cs1. The Morgan fingerprint density at radius 1 is 1.57 bits per heavy atom. The zero-order valence-electron chi connectivity index (χ0n) is 8.97. The van der Waals surface area contributed by atoms with E-state index in [1.807, 2.05) is 18.4 Å². The molecule has 1 aromatic heterocycles. The van der Waals surface area contributed by atoms with Crippen LogP contribution < -0.4 is 5.32 Å². The lowest BCUT2D eigenvalue weighted by molar-refractivity contribution is 0.233. The van der Waals surface area contributed by atoms with Gasteiger partial charge in [-0.2, -0.15) is 0 Å². The predicted octanol–water partition coefficient (Wildman–Crippen LogP) is 2.35. The second-order valence-corrected chi connectivity index (χ2v) is 5.09. The van der Waals surface area contributed by atoms with Crippen molar-refractivity contribution in [1.29, 1.82) is 0 Å². The van der Waals surface area contributed by atoms with E-state index in [1.165, 1.54) is 30.0 Å². The Morgan fingerprint density at radius 2 is 2.36 bits per heavy atom. The molecule has 78 valence electrons. The summed E-state index contributed by atoms with van der Waals surface area (Å²) in [5.41, 5.74) is 1.71. The molecule has 1 saturated carbocycles. The molecule has 0 aromatic carbocycles. The Labute approximate surface area is 89.8 Å². The van der Waals surface area contributed by atoms with Gasteiger partial charge in [-0.1, -0.05) is 13.3 Å². The van der Waals surface area contributed by atoms with E-state index in [-0.39, 0.29) is 0 Å². The van der Waals surface area contributed by atoms with Gasteiger partial charge >= 0.3 is 0 Å². The average Bonchev–Trinajstić information content (AvgIpc) is 2.59. The van der Waals surface area contributed by atoms with E-state index in [4.69, 9.17) is 4.98 Å². The van der Waals surface area contributed by atoms with Gasteiger partial charge in [-0.05, 0) is 26.3 Å². The summed E-state index contributed by atoms with van der Waals surface area (Å²) < 4.78 is 0. The van der Waals surface area contributed by atoms with E-state index < -0.39 is 0 Å². The van der Waals surface area contributed by atoms with E-state index in [2.05, 4.69) is 17.6 Å². The van der Waals surface area contributed by atoms with Crippen LogP contribution in [0.5, 0.6) is 0 Å². The van der Waals surface area contributed by atoms with Crippen LogP contribution in [0.2, 0.25) is 0 Å². The summed E-state index contributed by atoms with van der Waals surface area (Å²) in [6, 6.07) is 0. The maximum absolute atomic E-state index is 4.72. The first-order chi connectivity index (χ1) is 6.80. The monoisotopic (exact) mass is 210 g/mol. The van der Waals surface area contributed by atoms with Gasteiger partial charge in [-0.3, -0.25) is 0 Å². The van der Waals surface area contributed by atoms with Crippen LogP contribution in [-0.4, -0.2) is 18.6 Å². The third-order valence-corrected chi connectivity index (χ3v) is 4.22. The van der Waals surface area contributed by atoms with Gasteiger partial charge in [0.25, 0.3) is 0 Å². The zero-order chi connectivity index (χ0) is 10.0. The van der Waals surface area contributed by atoms with Gasteiger partial charge in [-0.15, -0.1) is 11.3 Å². The fraction of sp³-hybridized carbons (Fsp3) is 0.727. The molecule has 0 unspecified atom stereocenters. The van der Waals surface area contributed by atoms with Crippen molar-refractivity contribution < 1.29 is 0 Å². The Bertz CT molecular complexity index is 302. The molecule has 2 rings (SSSR count). The number of likely N-dealkylation sites (N-methyl/N-ethyl adjacent to an activating group) is 1. The number of hydrogen-bond donors (Lipinski definition) is 1. The molecule has 1 aromatic rings. The fourth-order valence-electron chi connectivity index (χ4n) is 2.18. The molecule has 1 N–H and O–H groups in total. The van der Waals surface area contributed by atoms with Crippen molar-refractivity contribution in [1.82, 2.24) is 10.3 Å². The highest BCUT2D eigenvalue weighted by Gasteiger charge is 2.39. The summed E-state index contributed by atoms with van der Waals surface area (Å²) in [5, 5.41) is 6.84. The Kier molecular flexibility index (Phi) is 2.88. The highest BCUT2D eigenvalue weighted by Crippen LogP contribution is 2.43. The fourth-order valence-corrected chi connectivity index (χ4v) is 3.05. The number of aromatic nitrogens is 1. The second-order valence-electron chi connectivity index (χ2n) is 4.14. The summed E-state index contributed by atoms with van der Waals surface area (Å²) in [5.74, 6) is 0. The summed E-state index contributed by atoms with van der Waals surface area (Å²) in [6.45, 7) is 3.26. The molecule has 1 aliphatic rings. The summed E-state index contributed by atoms with van der Waals surface area (Å²) in [4.78, 5) is 4.72. The molecule has 0 saturated heterocycles. The van der Waals surface area contributed by atoms with Crippen LogP contribution in [0, 0.1) is 0 Å². The number of aryl methyl sites for hydroxylation is 1. The lowest BCUT2D eigenvalue weighted by atomic mass is 9.67. The van der Waals surface area contributed by atoms with Crippen LogP contribution in [0.3, 0.4) is 0 Å². The minimum atomic E-state index is 0.374. The van der Waals surface area contributed by atoms with Crippen LogP contribution >= 0.6 is 11.3 Å². The van der Waals surface area contributed by atoms with Gasteiger partial charge in [-0.25, -0.2) is 4.98 Å². The van der Waals surface area contributed by atoms with Gasteiger partial charge in [0.05, 0.1) is 10.7 Å².